The highest BCUT2D eigenvalue weighted by atomic mass is 14.5. The Morgan fingerprint density at radius 1 is 1.29 bits per heavy atom. The molecule has 1 fully saturated rings. The summed E-state index contributed by atoms with van der Waals surface area (Å²) in [4.78, 5) is 0. The first-order chi connectivity index (χ1) is 10.1. The quantitative estimate of drug-likeness (QED) is 0.584. The van der Waals surface area contributed by atoms with Crippen LogP contribution >= 0.6 is 0 Å². The summed E-state index contributed by atoms with van der Waals surface area (Å²) in [7, 11) is 0. The van der Waals surface area contributed by atoms with Gasteiger partial charge in [0.05, 0.1) is 0 Å². The predicted octanol–water partition coefficient (Wildman–Crippen LogP) is 5.02. The van der Waals surface area contributed by atoms with Gasteiger partial charge in [-0.05, 0) is 67.9 Å². The van der Waals surface area contributed by atoms with Gasteiger partial charge in [-0.2, -0.15) is 0 Å². The molecule has 0 radical (unpaired) electrons. The summed E-state index contributed by atoms with van der Waals surface area (Å²) in [6.07, 6.45) is 14.5. The Labute approximate surface area is 128 Å². The van der Waals surface area contributed by atoms with Gasteiger partial charge in [0.15, 0.2) is 0 Å². The van der Waals surface area contributed by atoms with E-state index in [1.165, 1.54) is 43.2 Å². The smallest absolute Gasteiger partial charge is 0.00400 e. The van der Waals surface area contributed by atoms with E-state index in [2.05, 4.69) is 44.0 Å². The Hall–Kier alpha value is -1.48. The molecule has 108 valence electrons. The van der Waals surface area contributed by atoms with Gasteiger partial charge in [0.25, 0.3) is 0 Å². The molecule has 1 aromatic carbocycles. The standard InChI is InChI=1S/C21H24/c1-4-16-7-10-20-19-9-6-15-13-14(2)5-8-17(15)18(19)11-12-21(16,20)3/h1,5,7-8,13,18-20H,6,9-12H2,2-3H3. The van der Waals surface area contributed by atoms with Gasteiger partial charge in [-0.25, -0.2) is 0 Å². The van der Waals surface area contributed by atoms with E-state index in [-0.39, 0.29) is 5.41 Å². The van der Waals surface area contributed by atoms with Crippen molar-refractivity contribution in [2.24, 2.45) is 17.3 Å². The second-order valence-corrected chi connectivity index (χ2v) is 7.57. The molecular formula is C21H24. The zero-order valence-electron chi connectivity index (χ0n) is 13.2. The van der Waals surface area contributed by atoms with Gasteiger partial charge in [0.1, 0.15) is 0 Å². The van der Waals surface area contributed by atoms with Crippen molar-refractivity contribution in [2.45, 2.75) is 51.9 Å². The van der Waals surface area contributed by atoms with E-state index in [4.69, 9.17) is 6.42 Å². The summed E-state index contributed by atoms with van der Waals surface area (Å²) in [5.74, 6) is 5.37. The number of hydrogen-bond donors (Lipinski definition) is 0. The van der Waals surface area contributed by atoms with Gasteiger partial charge < -0.3 is 0 Å². The molecule has 3 aliphatic rings. The Balaban J connectivity index is 1.71. The van der Waals surface area contributed by atoms with E-state index in [9.17, 15) is 0 Å². The lowest BCUT2D eigenvalue weighted by Crippen LogP contribution is -2.41. The third-order valence-electron chi connectivity index (χ3n) is 6.62. The van der Waals surface area contributed by atoms with E-state index in [0.29, 0.717) is 0 Å². The molecule has 0 nitrogen and oxygen atoms in total. The number of terminal acetylenes is 1. The predicted molar refractivity (Wildman–Crippen MR) is 88.1 cm³/mol. The van der Waals surface area contributed by atoms with Crippen LogP contribution in [0.3, 0.4) is 0 Å². The number of benzene rings is 1. The molecular weight excluding hydrogens is 252 g/mol. The van der Waals surface area contributed by atoms with Crippen LogP contribution in [0.5, 0.6) is 0 Å². The zero-order valence-corrected chi connectivity index (χ0v) is 13.2. The Morgan fingerprint density at radius 2 is 2.14 bits per heavy atom. The van der Waals surface area contributed by atoms with E-state index >= 15 is 0 Å². The molecule has 0 aromatic heterocycles. The number of fused-ring (bicyclic) bond motifs is 5. The van der Waals surface area contributed by atoms with Crippen LogP contribution in [-0.4, -0.2) is 0 Å². The molecule has 21 heavy (non-hydrogen) atoms. The average molecular weight is 276 g/mol. The van der Waals surface area contributed by atoms with Crippen molar-refractivity contribution in [1.29, 1.82) is 0 Å². The Bertz CT molecular complexity index is 657. The van der Waals surface area contributed by atoms with Crippen molar-refractivity contribution >= 4 is 0 Å². The lowest BCUT2D eigenvalue weighted by Gasteiger charge is -2.49. The third-order valence-corrected chi connectivity index (χ3v) is 6.62. The molecule has 0 N–H and O–H groups in total. The van der Waals surface area contributed by atoms with Crippen LogP contribution in [0.4, 0.5) is 0 Å². The maximum absolute atomic E-state index is 5.77. The molecule has 4 unspecified atom stereocenters. The molecule has 0 heterocycles. The second kappa shape index (κ2) is 4.51. The first-order valence-corrected chi connectivity index (χ1v) is 8.40. The summed E-state index contributed by atoms with van der Waals surface area (Å²) in [5.41, 5.74) is 6.25. The first-order valence-electron chi connectivity index (χ1n) is 8.40. The van der Waals surface area contributed by atoms with Crippen LogP contribution in [0.15, 0.2) is 29.8 Å². The van der Waals surface area contributed by atoms with Gasteiger partial charge in [0.2, 0.25) is 0 Å². The lowest BCUT2D eigenvalue weighted by atomic mass is 9.54. The number of hydrogen-bond acceptors (Lipinski definition) is 0. The minimum atomic E-state index is 0.290. The average Bonchev–Trinajstić information content (AvgIpc) is 2.83. The number of aryl methyl sites for hydroxylation is 2. The summed E-state index contributed by atoms with van der Waals surface area (Å²) in [5, 5.41) is 0. The Kier molecular flexibility index (Phi) is 2.83. The number of allylic oxidation sites excluding steroid dienone is 2. The minimum absolute atomic E-state index is 0.290. The van der Waals surface area contributed by atoms with Crippen LogP contribution in [0.1, 0.15) is 55.2 Å². The molecule has 1 saturated carbocycles. The highest BCUT2D eigenvalue weighted by molar-refractivity contribution is 5.42. The van der Waals surface area contributed by atoms with E-state index < -0.39 is 0 Å². The summed E-state index contributed by atoms with van der Waals surface area (Å²) >= 11 is 0. The van der Waals surface area contributed by atoms with Crippen LogP contribution < -0.4 is 0 Å². The Morgan fingerprint density at radius 3 is 2.95 bits per heavy atom. The fourth-order valence-corrected chi connectivity index (χ4v) is 5.50. The highest BCUT2D eigenvalue weighted by Crippen LogP contribution is 2.60. The largest absolute Gasteiger partial charge is 0.115 e. The maximum atomic E-state index is 5.77. The van der Waals surface area contributed by atoms with E-state index in [0.717, 1.165) is 17.8 Å². The molecule has 0 saturated heterocycles. The van der Waals surface area contributed by atoms with Gasteiger partial charge in [-0.3, -0.25) is 0 Å². The van der Waals surface area contributed by atoms with Crippen molar-refractivity contribution in [1.82, 2.24) is 0 Å². The van der Waals surface area contributed by atoms with E-state index in [1.807, 2.05) is 0 Å². The molecule has 0 aliphatic heterocycles. The molecule has 0 spiro atoms. The molecule has 3 aliphatic carbocycles. The van der Waals surface area contributed by atoms with Crippen molar-refractivity contribution in [3.8, 4) is 12.3 Å². The van der Waals surface area contributed by atoms with Crippen molar-refractivity contribution in [2.75, 3.05) is 0 Å². The molecule has 1 aromatic rings. The fraction of sp³-hybridized carbons (Fsp3) is 0.524. The summed E-state index contributed by atoms with van der Waals surface area (Å²) in [6.45, 7) is 4.64. The zero-order chi connectivity index (χ0) is 14.6. The minimum Gasteiger partial charge on any atom is -0.115 e. The summed E-state index contributed by atoms with van der Waals surface area (Å²) < 4.78 is 0. The lowest BCUT2D eigenvalue weighted by molar-refractivity contribution is 0.0781. The second-order valence-electron chi connectivity index (χ2n) is 7.57. The molecule has 0 amide bonds. The fourth-order valence-electron chi connectivity index (χ4n) is 5.50. The van der Waals surface area contributed by atoms with Gasteiger partial charge in [-0.15, -0.1) is 6.42 Å². The van der Waals surface area contributed by atoms with Crippen molar-refractivity contribution in [3.05, 3.63) is 46.5 Å². The monoisotopic (exact) mass is 276 g/mol. The third kappa shape index (κ3) is 1.76. The highest BCUT2D eigenvalue weighted by Gasteiger charge is 2.51. The number of rotatable bonds is 0. The molecule has 4 rings (SSSR count). The first kappa shape index (κ1) is 13.2. The molecule has 4 atom stereocenters. The van der Waals surface area contributed by atoms with Crippen LogP contribution in [0.25, 0.3) is 0 Å². The van der Waals surface area contributed by atoms with Crippen molar-refractivity contribution < 1.29 is 0 Å². The van der Waals surface area contributed by atoms with E-state index in [1.54, 1.807) is 11.1 Å². The van der Waals surface area contributed by atoms with Gasteiger partial charge >= 0.3 is 0 Å². The normalized spacial score (nSPS) is 37.0. The summed E-state index contributed by atoms with van der Waals surface area (Å²) in [6, 6.07) is 7.13. The maximum Gasteiger partial charge on any atom is 0.00400 e. The van der Waals surface area contributed by atoms with Gasteiger partial charge in [0, 0.05) is 11.0 Å². The topological polar surface area (TPSA) is 0 Å². The molecule has 0 heteroatoms. The van der Waals surface area contributed by atoms with Crippen molar-refractivity contribution in [3.63, 3.8) is 0 Å². The molecule has 0 bridgehead atoms. The van der Waals surface area contributed by atoms with Crippen LogP contribution in [0, 0.1) is 36.5 Å². The van der Waals surface area contributed by atoms with Crippen LogP contribution in [0.2, 0.25) is 0 Å². The van der Waals surface area contributed by atoms with Crippen LogP contribution in [-0.2, 0) is 6.42 Å². The SMILES string of the molecule is C#CC1=CCC2C3CCc4cc(C)ccc4C3CCC12C. The van der Waals surface area contributed by atoms with Gasteiger partial charge in [-0.1, -0.05) is 42.7 Å².